The standard InChI is InChI=1S/C20H20FN3OS/c1-3-24(4-2)17-11-5-14(6-12-17)13-18-19(25)23-20(26-18)22-16-9-7-15(21)8-10-16/h5-13H,3-4H2,1-2H3,(H,22,23,25). The largest absolute Gasteiger partial charge is 0.372 e. The number of anilines is 1. The molecule has 1 fully saturated rings. The van der Waals surface area contributed by atoms with Gasteiger partial charge in [0.25, 0.3) is 5.91 Å². The summed E-state index contributed by atoms with van der Waals surface area (Å²) < 4.78 is 13.0. The Bertz CT molecular complexity index is 840. The molecule has 6 heteroatoms. The molecule has 2 aromatic rings. The molecule has 134 valence electrons. The van der Waals surface area contributed by atoms with Crippen LogP contribution in [0.4, 0.5) is 15.8 Å². The fourth-order valence-corrected chi connectivity index (χ4v) is 3.48. The molecule has 1 N–H and O–H groups in total. The summed E-state index contributed by atoms with van der Waals surface area (Å²) in [6.45, 7) is 6.17. The summed E-state index contributed by atoms with van der Waals surface area (Å²) in [5.74, 6) is -0.491. The number of amides is 1. The summed E-state index contributed by atoms with van der Waals surface area (Å²) in [4.78, 5) is 19.3. The second kappa shape index (κ2) is 8.19. The zero-order valence-corrected chi connectivity index (χ0v) is 15.5. The molecule has 1 amide bonds. The molecule has 1 saturated heterocycles. The Labute approximate surface area is 156 Å². The van der Waals surface area contributed by atoms with Gasteiger partial charge in [-0.15, -0.1) is 0 Å². The molecule has 0 spiro atoms. The van der Waals surface area contributed by atoms with E-state index in [9.17, 15) is 9.18 Å². The molecule has 26 heavy (non-hydrogen) atoms. The third kappa shape index (κ3) is 4.32. The van der Waals surface area contributed by atoms with Crippen molar-refractivity contribution in [2.24, 2.45) is 4.99 Å². The Kier molecular flexibility index (Phi) is 5.73. The Morgan fingerprint density at radius 2 is 1.73 bits per heavy atom. The summed E-state index contributed by atoms with van der Waals surface area (Å²) in [6.07, 6.45) is 1.85. The first-order chi connectivity index (χ1) is 12.6. The van der Waals surface area contributed by atoms with Gasteiger partial charge in [-0.1, -0.05) is 12.1 Å². The van der Waals surface area contributed by atoms with Crippen LogP contribution in [0.2, 0.25) is 0 Å². The van der Waals surface area contributed by atoms with Crippen molar-refractivity contribution < 1.29 is 9.18 Å². The van der Waals surface area contributed by atoms with E-state index in [4.69, 9.17) is 0 Å². The number of amidine groups is 1. The van der Waals surface area contributed by atoms with Gasteiger partial charge in [0, 0.05) is 18.8 Å². The molecule has 0 aliphatic carbocycles. The first kappa shape index (κ1) is 18.2. The van der Waals surface area contributed by atoms with E-state index in [0.29, 0.717) is 15.8 Å². The maximum atomic E-state index is 13.0. The second-order valence-electron chi connectivity index (χ2n) is 5.72. The van der Waals surface area contributed by atoms with Crippen molar-refractivity contribution in [3.05, 3.63) is 64.8 Å². The number of nitrogens with zero attached hydrogens (tertiary/aromatic N) is 2. The van der Waals surface area contributed by atoms with E-state index >= 15 is 0 Å². The van der Waals surface area contributed by atoms with Crippen LogP contribution in [0.3, 0.4) is 0 Å². The summed E-state index contributed by atoms with van der Waals surface area (Å²) in [6, 6.07) is 14.0. The fraction of sp³-hybridized carbons (Fsp3) is 0.200. The quantitative estimate of drug-likeness (QED) is 0.786. The van der Waals surface area contributed by atoms with Gasteiger partial charge in [0.1, 0.15) is 5.82 Å². The maximum Gasteiger partial charge on any atom is 0.264 e. The van der Waals surface area contributed by atoms with Crippen molar-refractivity contribution in [1.82, 2.24) is 5.32 Å². The van der Waals surface area contributed by atoms with Crippen molar-refractivity contribution in [1.29, 1.82) is 0 Å². The van der Waals surface area contributed by atoms with Crippen molar-refractivity contribution >= 4 is 40.3 Å². The molecule has 4 nitrogen and oxygen atoms in total. The van der Waals surface area contributed by atoms with E-state index in [0.717, 1.165) is 18.7 Å². The number of hydrogen-bond acceptors (Lipinski definition) is 4. The van der Waals surface area contributed by atoms with E-state index in [2.05, 4.69) is 41.2 Å². The third-order valence-corrected chi connectivity index (χ3v) is 4.94. The topological polar surface area (TPSA) is 44.7 Å². The number of aliphatic imine (C=N–C) groups is 1. The first-order valence-electron chi connectivity index (χ1n) is 8.49. The Morgan fingerprint density at radius 3 is 2.35 bits per heavy atom. The lowest BCUT2D eigenvalue weighted by Gasteiger charge is -2.20. The number of carbonyl (C=O) groups is 1. The van der Waals surface area contributed by atoms with Crippen LogP contribution in [0, 0.1) is 5.82 Å². The molecular weight excluding hydrogens is 349 g/mol. The number of hydrogen-bond donors (Lipinski definition) is 1. The predicted octanol–water partition coefficient (Wildman–Crippen LogP) is 4.56. The van der Waals surface area contributed by atoms with Crippen molar-refractivity contribution in [3.63, 3.8) is 0 Å². The van der Waals surface area contributed by atoms with Crippen molar-refractivity contribution in [2.45, 2.75) is 13.8 Å². The van der Waals surface area contributed by atoms with E-state index < -0.39 is 0 Å². The van der Waals surface area contributed by atoms with Gasteiger partial charge in [0.05, 0.1) is 10.6 Å². The lowest BCUT2D eigenvalue weighted by Crippen LogP contribution is -2.21. The van der Waals surface area contributed by atoms with Gasteiger partial charge in [-0.2, -0.15) is 0 Å². The summed E-state index contributed by atoms with van der Waals surface area (Å²) >= 11 is 1.28. The Hall–Kier alpha value is -2.60. The molecule has 0 atom stereocenters. The normalized spacial score (nSPS) is 17.0. The van der Waals surface area contributed by atoms with E-state index in [-0.39, 0.29) is 11.7 Å². The zero-order chi connectivity index (χ0) is 18.5. The van der Waals surface area contributed by atoms with Crippen LogP contribution in [-0.2, 0) is 4.79 Å². The highest BCUT2D eigenvalue weighted by Crippen LogP contribution is 2.28. The minimum atomic E-state index is -0.314. The molecule has 0 radical (unpaired) electrons. The van der Waals surface area contributed by atoms with Gasteiger partial charge < -0.3 is 10.2 Å². The molecule has 0 saturated carbocycles. The number of nitrogens with one attached hydrogen (secondary N) is 1. The molecule has 2 aromatic carbocycles. The van der Waals surface area contributed by atoms with E-state index in [1.165, 1.54) is 29.6 Å². The maximum absolute atomic E-state index is 13.0. The summed E-state index contributed by atoms with van der Waals surface area (Å²) in [5.41, 5.74) is 2.72. The lowest BCUT2D eigenvalue weighted by molar-refractivity contribution is -0.115. The summed E-state index contributed by atoms with van der Waals surface area (Å²) in [7, 11) is 0. The molecular formula is C20H20FN3OS. The SMILES string of the molecule is CCN(CC)c1ccc(C=C2SC(=Nc3ccc(F)cc3)NC2=O)cc1. The van der Waals surface area contributed by atoms with Crippen LogP contribution in [0.5, 0.6) is 0 Å². The van der Waals surface area contributed by atoms with Gasteiger partial charge in [-0.25, -0.2) is 9.38 Å². The van der Waals surface area contributed by atoms with Crippen molar-refractivity contribution in [2.75, 3.05) is 18.0 Å². The highest BCUT2D eigenvalue weighted by molar-refractivity contribution is 8.18. The van der Waals surface area contributed by atoms with Crippen LogP contribution in [0.25, 0.3) is 6.08 Å². The van der Waals surface area contributed by atoms with E-state index in [1.807, 2.05) is 18.2 Å². The van der Waals surface area contributed by atoms with Crippen LogP contribution in [0.1, 0.15) is 19.4 Å². The van der Waals surface area contributed by atoms with E-state index in [1.54, 1.807) is 12.1 Å². The highest BCUT2D eigenvalue weighted by Gasteiger charge is 2.23. The predicted molar refractivity (Wildman–Crippen MR) is 107 cm³/mol. The van der Waals surface area contributed by atoms with Crippen LogP contribution >= 0.6 is 11.8 Å². The third-order valence-electron chi connectivity index (χ3n) is 4.03. The van der Waals surface area contributed by atoms with Gasteiger partial charge >= 0.3 is 0 Å². The average Bonchev–Trinajstić information content (AvgIpc) is 2.98. The smallest absolute Gasteiger partial charge is 0.264 e. The van der Waals surface area contributed by atoms with Gasteiger partial charge in [-0.05, 0) is 73.6 Å². The minimum absolute atomic E-state index is 0.177. The van der Waals surface area contributed by atoms with Gasteiger partial charge in [0.15, 0.2) is 5.17 Å². The fourth-order valence-electron chi connectivity index (χ4n) is 2.63. The highest BCUT2D eigenvalue weighted by atomic mass is 32.2. The number of thioether (sulfide) groups is 1. The number of halogens is 1. The lowest BCUT2D eigenvalue weighted by atomic mass is 10.2. The number of benzene rings is 2. The molecule has 0 unspecified atom stereocenters. The monoisotopic (exact) mass is 369 g/mol. The molecule has 1 heterocycles. The molecule has 1 aliphatic rings. The van der Waals surface area contributed by atoms with Gasteiger partial charge in [-0.3, -0.25) is 4.79 Å². The average molecular weight is 369 g/mol. The minimum Gasteiger partial charge on any atom is -0.372 e. The van der Waals surface area contributed by atoms with Gasteiger partial charge in [0.2, 0.25) is 0 Å². The van der Waals surface area contributed by atoms with Crippen LogP contribution in [-0.4, -0.2) is 24.2 Å². The molecule has 0 bridgehead atoms. The number of rotatable bonds is 5. The van der Waals surface area contributed by atoms with Crippen LogP contribution < -0.4 is 10.2 Å². The first-order valence-corrected chi connectivity index (χ1v) is 9.31. The Morgan fingerprint density at radius 1 is 1.08 bits per heavy atom. The zero-order valence-electron chi connectivity index (χ0n) is 14.7. The molecule has 0 aromatic heterocycles. The number of carbonyl (C=O) groups excluding carboxylic acids is 1. The Balaban J connectivity index is 1.75. The second-order valence-corrected chi connectivity index (χ2v) is 6.75. The molecule has 3 rings (SSSR count). The molecule has 1 aliphatic heterocycles. The van der Waals surface area contributed by atoms with Crippen LogP contribution in [0.15, 0.2) is 58.4 Å². The summed E-state index contributed by atoms with van der Waals surface area (Å²) in [5, 5.41) is 3.23. The van der Waals surface area contributed by atoms with Crippen molar-refractivity contribution in [3.8, 4) is 0 Å².